The van der Waals surface area contributed by atoms with Gasteiger partial charge in [0.15, 0.2) is 0 Å². The maximum Gasteiger partial charge on any atom is 0.246 e. The van der Waals surface area contributed by atoms with E-state index in [1.54, 1.807) is 11.0 Å². The Balaban J connectivity index is 1.49. The van der Waals surface area contributed by atoms with Crippen LogP contribution >= 0.6 is 0 Å². The summed E-state index contributed by atoms with van der Waals surface area (Å²) < 4.78 is 38.2. The third-order valence-electron chi connectivity index (χ3n) is 6.17. The summed E-state index contributed by atoms with van der Waals surface area (Å²) in [6.45, 7) is 3.48. The van der Waals surface area contributed by atoms with Gasteiger partial charge in [-0.2, -0.15) is 4.31 Å². The van der Waals surface area contributed by atoms with Crippen molar-refractivity contribution in [2.45, 2.75) is 24.7 Å². The van der Waals surface area contributed by atoms with Crippen LogP contribution in [0.2, 0.25) is 0 Å². The number of rotatable bonds is 7. The molecule has 0 aliphatic carbocycles. The number of ether oxygens (including phenoxy) is 2. The van der Waals surface area contributed by atoms with Crippen molar-refractivity contribution in [2.75, 3.05) is 50.2 Å². The van der Waals surface area contributed by atoms with Crippen LogP contribution in [-0.2, 0) is 30.8 Å². The molecule has 34 heavy (non-hydrogen) atoms. The monoisotopic (exact) mass is 487 g/mol. The molecule has 10 heteroatoms. The predicted molar refractivity (Wildman–Crippen MR) is 127 cm³/mol. The summed E-state index contributed by atoms with van der Waals surface area (Å²) in [5.41, 5.74) is 2.27. The van der Waals surface area contributed by atoms with Gasteiger partial charge in [-0.1, -0.05) is 19.1 Å². The molecule has 4 rings (SSSR count). The first-order valence-electron chi connectivity index (χ1n) is 11.3. The van der Waals surface area contributed by atoms with Gasteiger partial charge in [-0.15, -0.1) is 0 Å². The SMILES string of the molecule is CCc1ccc(N2C[C@H](C(=O)Nc3ccc(OC)c(S(=O)(=O)N4CCOCC4)c3)CC2=O)cc1. The van der Waals surface area contributed by atoms with Gasteiger partial charge in [0.25, 0.3) is 0 Å². The van der Waals surface area contributed by atoms with Crippen molar-refractivity contribution in [1.82, 2.24) is 4.31 Å². The zero-order valence-corrected chi connectivity index (χ0v) is 20.1. The second-order valence-corrected chi connectivity index (χ2v) is 10.2. The molecular weight excluding hydrogens is 458 g/mol. The molecule has 0 saturated carbocycles. The van der Waals surface area contributed by atoms with Gasteiger partial charge in [0.1, 0.15) is 10.6 Å². The second kappa shape index (κ2) is 10.1. The number of hydrogen-bond acceptors (Lipinski definition) is 6. The van der Waals surface area contributed by atoms with E-state index in [9.17, 15) is 18.0 Å². The Hall–Kier alpha value is -2.95. The Kier molecular flexibility index (Phi) is 7.20. The zero-order chi connectivity index (χ0) is 24.3. The minimum absolute atomic E-state index is 0.0187. The van der Waals surface area contributed by atoms with Gasteiger partial charge in [0, 0.05) is 37.4 Å². The first-order valence-corrected chi connectivity index (χ1v) is 12.7. The van der Waals surface area contributed by atoms with Crippen LogP contribution in [0.15, 0.2) is 47.4 Å². The average Bonchev–Trinajstić information content (AvgIpc) is 3.26. The maximum absolute atomic E-state index is 13.2. The summed E-state index contributed by atoms with van der Waals surface area (Å²) in [7, 11) is -2.43. The lowest BCUT2D eigenvalue weighted by atomic mass is 10.1. The largest absolute Gasteiger partial charge is 0.495 e. The summed E-state index contributed by atoms with van der Waals surface area (Å²) in [5, 5.41) is 2.78. The molecule has 0 bridgehead atoms. The van der Waals surface area contributed by atoms with E-state index in [1.807, 2.05) is 24.3 Å². The average molecular weight is 488 g/mol. The lowest BCUT2D eigenvalue weighted by molar-refractivity contribution is -0.122. The smallest absolute Gasteiger partial charge is 0.246 e. The fourth-order valence-electron chi connectivity index (χ4n) is 4.17. The molecule has 0 unspecified atom stereocenters. The molecule has 2 aromatic carbocycles. The molecule has 0 spiro atoms. The van der Waals surface area contributed by atoms with Crippen LogP contribution in [0, 0.1) is 5.92 Å². The van der Waals surface area contributed by atoms with Crippen molar-refractivity contribution < 1.29 is 27.5 Å². The fourth-order valence-corrected chi connectivity index (χ4v) is 5.76. The molecule has 2 saturated heterocycles. The highest BCUT2D eigenvalue weighted by atomic mass is 32.2. The molecule has 1 N–H and O–H groups in total. The number of morpholine rings is 1. The van der Waals surface area contributed by atoms with Crippen LogP contribution in [0.25, 0.3) is 0 Å². The Morgan fingerprint density at radius 2 is 1.85 bits per heavy atom. The van der Waals surface area contributed by atoms with Crippen LogP contribution < -0.4 is 15.0 Å². The lowest BCUT2D eigenvalue weighted by Gasteiger charge is -2.27. The summed E-state index contributed by atoms with van der Waals surface area (Å²) in [4.78, 5) is 27.1. The van der Waals surface area contributed by atoms with Crippen molar-refractivity contribution in [3.8, 4) is 5.75 Å². The van der Waals surface area contributed by atoms with Gasteiger partial charge in [-0.3, -0.25) is 9.59 Å². The molecule has 2 heterocycles. The number of anilines is 2. The van der Waals surface area contributed by atoms with Crippen LogP contribution in [-0.4, -0.2) is 64.5 Å². The van der Waals surface area contributed by atoms with Gasteiger partial charge in [-0.05, 0) is 42.3 Å². The molecular formula is C24H29N3O6S. The summed E-state index contributed by atoms with van der Waals surface area (Å²) >= 11 is 0. The number of methoxy groups -OCH3 is 1. The number of hydrogen-bond donors (Lipinski definition) is 1. The quantitative estimate of drug-likeness (QED) is 0.642. The Labute approximate surface area is 199 Å². The highest BCUT2D eigenvalue weighted by Gasteiger charge is 2.35. The van der Waals surface area contributed by atoms with Gasteiger partial charge < -0.3 is 19.7 Å². The normalized spacial score (nSPS) is 19.3. The van der Waals surface area contributed by atoms with Gasteiger partial charge in [-0.25, -0.2) is 8.42 Å². The number of nitrogens with zero attached hydrogens (tertiary/aromatic N) is 2. The minimum atomic E-state index is -3.83. The molecule has 2 aliphatic rings. The van der Waals surface area contributed by atoms with E-state index in [1.165, 1.54) is 29.1 Å². The third-order valence-corrected chi connectivity index (χ3v) is 8.09. The first-order chi connectivity index (χ1) is 16.3. The standard InChI is InChI=1S/C24H29N3O6S/c1-3-17-4-7-20(8-5-17)27-16-18(14-23(27)28)24(29)25-19-6-9-21(32-2)22(15-19)34(30,31)26-10-12-33-13-11-26/h4-9,15,18H,3,10-14,16H2,1-2H3,(H,25,29)/t18-/m1/s1. The number of sulfonamides is 1. The molecule has 0 aromatic heterocycles. The number of nitrogens with one attached hydrogen (secondary N) is 1. The van der Waals surface area contributed by atoms with E-state index in [0.29, 0.717) is 18.9 Å². The lowest BCUT2D eigenvalue weighted by Crippen LogP contribution is -2.40. The molecule has 9 nitrogen and oxygen atoms in total. The van der Waals surface area contributed by atoms with Crippen LogP contribution in [0.3, 0.4) is 0 Å². The molecule has 2 amide bonds. The predicted octanol–water partition coefficient (Wildman–Crippen LogP) is 2.27. The number of aryl methyl sites for hydroxylation is 1. The van der Waals surface area contributed by atoms with Crippen molar-refractivity contribution in [2.24, 2.45) is 5.92 Å². The first kappa shape index (κ1) is 24.2. The highest BCUT2D eigenvalue weighted by Crippen LogP contribution is 2.31. The molecule has 182 valence electrons. The Morgan fingerprint density at radius 3 is 2.50 bits per heavy atom. The number of amides is 2. The highest BCUT2D eigenvalue weighted by molar-refractivity contribution is 7.89. The van der Waals surface area contributed by atoms with E-state index in [0.717, 1.165) is 12.1 Å². The molecule has 2 aromatic rings. The molecule has 0 radical (unpaired) electrons. The van der Waals surface area contributed by atoms with Crippen molar-refractivity contribution in [3.63, 3.8) is 0 Å². The van der Waals surface area contributed by atoms with Gasteiger partial charge in [0.05, 0.1) is 26.2 Å². The molecule has 2 fully saturated rings. The minimum Gasteiger partial charge on any atom is -0.495 e. The zero-order valence-electron chi connectivity index (χ0n) is 19.3. The van der Waals surface area contributed by atoms with Crippen molar-refractivity contribution in [3.05, 3.63) is 48.0 Å². The van der Waals surface area contributed by atoms with E-state index in [2.05, 4.69) is 12.2 Å². The summed E-state index contributed by atoms with van der Waals surface area (Å²) in [6, 6.07) is 12.2. The van der Waals surface area contributed by atoms with Gasteiger partial charge in [0.2, 0.25) is 21.8 Å². The Bertz CT molecular complexity index is 1160. The van der Waals surface area contributed by atoms with E-state index >= 15 is 0 Å². The van der Waals surface area contributed by atoms with Crippen LogP contribution in [0.1, 0.15) is 18.9 Å². The number of carbonyl (C=O) groups excluding carboxylic acids is 2. The number of carbonyl (C=O) groups is 2. The number of benzene rings is 2. The van der Waals surface area contributed by atoms with E-state index in [4.69, 9.17) is 9.47 Å². The second-order valence-electron chi connectivity index (χ2n) is 8.30. The molecule has 1 atom stereocenters. The van der Waals surface area contributed by atoms with Crippen molar-refractivity contribution in [1.29, 1.82) is 0 Å². The topological polar surface area (TPSA) is 105 Å². The fraction of sp³-hybridized carbons (Fsp3) is 0.417. The van der Waals surface area contributed by atoms with Gasteiger partial charge >= 0.3 is 0 Å². The van der Waals surface area contributed by atoms with Crippen LogP contribution in [0.5, 0.6) is 5.75 Å². The van der Waals surface area contributed by atoms with E-state index < -0.39 is 15.9 Å². The Morgan fingerprint density at radius 1 is 1.15 bits per heavy atom. The summed E-state index contributed by atoms with van der Waals surface area (Å²) in [5.74, 6) is -0.794. The van der Waals surface area contributed by atoms with Crippen molar-refractivity contribution >= 4 is 33.2 Å². The summed E-state index contributed by atoms with van der Waals surface area (Å²) in [6.07, 6.45) is 1.00. The third kappa shape index (κ3) is 4.94. The molecule has 2 aliphatic heterocycles. The van der Waals surface area contributed by atoms with E-state index in [-0.39, 0.29) is 48.5 Å². The van der Waals surface area contributed by atoms with Crippen LogP contribution in [0.4, 0.5) is 11.4 Å². The maximum atomic E-state index is 13.2.